The van der Waals surface area contributed by atoms with Gasteiger partial charge in [0.05, 0.1) is 0 Å². The van der Waals surface area contributed by atoms with E-state index in [9.17, 15) is 9.18 Å². The molecule has 4 heteroatoms. The maximum absolute atomic E-state index is 13.2. The Kier molecular flexibility index (Phi) is 6.50. The molecule has 106 valence electrons. The molecule has 3 N–H and O–H groups in total. The van der Waals surface area contributed by atoms with Crippen LogP contribution in [0.25, 0.3) is 0 Å². The summed E-state index contributed by atoms with van der Waals surface area (Å²) in [4.78, 5) is 11.8. The number of carbonyl (C=O) groups is 1. The Bertz CT molecular complexity index is 400. The van der Waals surface area contributed by atoms with Crippen molar-refractivity contribution in [3.63, 3.8) is 0 Å². The van der Waals surface area contributed by atoms with Crippen LogP contribution >= 0.6 is 0 Å². The van der Waals surface area contributed by atoms with Crippen LogP contribution in [0.1, 0.15) is 38.2 Å². The van der Waals surface area contributed by atoms with Crippen molar-refractivity contribution in [1.29, 1.82) is 0 Å². The van der Waals surface area contributed by atoms with Gasteiger partial charge in [-0.3, -0.25) is 4.79 Å². The van der Waals surface area contributed by atoms with Crippen molar-refractivity contribution in [2.24, 2.45) is 11.7 Å². The van der Waals surface area contributed by atoms with Crippen molar-refractivity contribution < 1.29 is 9.18 Å². The lowest BCUT2D eigenvalue weighted by Crippen LogP contribution is -2.15. The molecule has 0 bridgehead atoms. The van der Waals surface area contributed by atoms with E-state index in [1.165, 1.54) is 12.1 Å². The molecule has 0 aromatic heterocycles. The number of rotatable bonds is 7. The van der Waals surface area contributed by atoms with Gasteiger partial charge in [-0.2, -0.15) is 0 Å². The van der Waals surface area contributed by atoms with Gasteiger partial charge < -0.3 is 11.1 Å². The van der Waals surface area contributed by atoms with E-state index in [1.54, 1.807) is 13.0 Å². The molecular formula is C15H23FN2O. The van der Waals surface area contributed by atoms with Crippen LogP contribution in [-0.2, 0) is 4.79 Å². The summed E-state index contributed by atoms with van der Waals surface area (Å²) in [6.45, 7) is 4.56. The molecule has 1 atom stereocenters. The lowest BCUT2D eigenvalue weighted by atomic mass is 9.96. The summed E-state index contributed by atoms with van der Waals surface area (Å²) in [6.07, 6.45) is 3.26. The molecule has 1 amide bonds. The molecule has 0 saturated heterocycles. The van der Waals surface area contributed by atoms with Crippen molar-refractivity contribution in [3.8, 4) is 0 Å². The molecule has 0 saturated carbocycles. The number of halogens is 1. The monoisotopic (exact) mass is 266 g/mol. The normalized spacial score (nSPS) is 12.2. The first-order valence-corrected chi connectivity index (χ1v) is 6.82. The van der Waals surface area contributed by atoms with Gasteiger partial charge in [0.1, 0.15) is 5.82 Å². The largest absolute Gasteiger partial charge is 0.330 e. The van der Waals surface area contributed by atoms with Crippen molar-refractivity contribution >= 4 is 11.6 Å². The van der Waals surface area contributed by atoms with Gasteiger partial charge in [0, 0.05) is 12.1 Å². The molecule has 0 radical (unpaired) electrons. The van der Waals surface area contributed by atoms with Gasteiger partial charge >= 0.3 is 0 Å². The molecule has 0 heterocycles. The highest BCUT2D eigenvalue weighted by Gasteiger charge is 2.09. The maximum Gasteiger partial charge on any atom is 0.224 e. The third-order valence-corrected chi connectivity index (χ3v) is 3.26. The van der Waals surface area contributed by atoms with Crippen LogP contribution in [0.5, 0.6) is 0 Å². The van der Waals surface area contributed by atoms with Crippen LogP contribution in [-0.4, -0.2) is 12.5 Å². The minimum absolute atomic E-state index is 0.0690. The zero-order chi connectivity index (χ0) is 14.3. The Hall–Kier alpha value is -1.42. The Morgan fingerprint density at radius 3 is 2.68 bits per heavy atom. The first-order chi connectivity index (χ1) is 9.05. The summed E-state index contributed by atoms with van der Waals surface area (Å²) in [5, 5.41) is 2.73. The number of hydrogen-bond donors (Lipinski definition) is 2. The van der Waals surface area contributed by atoms with Crippen LogP contribution in [0.3, 0.4) is 0 Å². The van der Waals surface area contributed by atoms with Crippen LogP contribution in [0, 0.1) is 18.7 Å². The fraction of sp³-hybridized carbons (Fsp3) is 0.533. The number of nitrogens with two attached hydrogens (primary N) is 1. The molecule has 0 spiro atoms. The van der Waals surface area contributed by atoms with Gasteiger partial charge in [0.25, 0.3) is 0 Å². The summed E-state index contributed by atoms with van der Waals surface area (Å²) in [5.41, 5.74) is 6.84. The van der Waals surface area contributed by atoms with Crippen molar-refractivity contribution in [2.45, 2.75) is 39.5 Å². The van der Waals surface area contributed by atoms with E-state index in [1.807, 2.05) is 0 Å². The average Bonchev–Trinajstić information content (AvgIpc) is 2.33. The van der Waals surface area contributed by atoms with Gasteiger partial charge in [-0.25, -0.2) is 4.39 Å². The van der Waals surface area contributed by atoms with E-state index >= 15 is 0 Å². The molecule has 1 aromatic rings. The minimum atomic E-state index is -0.329. The highest BCUT2D eigenvalue weighted by atomic mass is 19.1. The number of amides is 1. The average molecular weight is 266 g/mol. The third-order valence-electron chi connectivity index (χ3n) is 3.26. The molecule has 1 unspecified atom stereocenters. The van der Waals surface area contributed by atoms with E-state index in [2.05, 4.69) is 12.2 Å². The van der Waals surface area contributed by atoms with E-state index in [-0.39, 0.29) is 11.7 Å². The maximum atomic E-state index is 13.2. The van der Waals surface area contributed by atoms with Crippen molar-refractivity contribution in [1.82, 2.24) is 0 Å². The molecular weight excluding hydrogens is 243 g/mol. The minimum Gasteiger partial charge on any atom is -0.330 e. The van der Waals surface area contributed by atoms with Gasteiger partial charge in [-0.05, 0) is 56.0 Å². The Morgan fingerprint density at radius 1 is 1.37 bits per heavy atom. The predicted octanol–water partition coefficient (Wildman–Crippen LogP) is 3.23. The Morgan fingerprint density at radius 2 is 2.11 bits per heavy atom. The molecule has 0 aliphatic heterocycles. The van der Waals surface area contributed by atoms with Crippen molar-refractivity contribution in [2.75, 3.05) is 11.9 Å². The molecule has 0 aliphatic carbocycles. The second kappa shape index (κ2) is 7.89. The first kappa shape index (κ1) is 15.6. The van der Waals surface area contributed by atoms with Crippen LogP contribution in [0.4, 0.5) is 10.1 Å². The highest BCUT2D eigenvalue weighted by Crippen LogP contribution is 2.17. The lowest BCUT2D eigenvalue weighted by Gasteiger charge is -2.13. The van der Waals surface area contributed by atoms with Crippen LogP contribution < -0.4 is 11.1 Å². The molecule has 0 fully saturated rings. The van der Waals surface area contributed by atoms with Crippen LogP contribution in [0.15, 0.2) is 18.2 Å². The molecule has 3 nitrogen and oxygen atoms in total. The van der Waals surface area contributed by atoms with Crippen LogP contribution in [0.2, 0.25) is 0 Å². The fourth-order valence-corrected chi connectivity index (χ4v) is 2.16. The number of benzene rings is 1. The summed E-state index contributed by atoms with van der Waals surface area (Å²) in [6, 6.07) is 4.53. The fourth-order valence-electron chi connectivity index (χ4n) is 2.16. The number of anilines is 1. The summed E-state index contributed by atoms with van der Waals surface area (Å²) >= 11 is 0. The van der Waals surface area contributed by atoms with Gasteiger partial charge in [-0.1, -0.05) is 13.3 Å². The SMILES string of the molecule is CCC(CCN)CCC(=O)Nc1cc(C)cc(F)c1. The summed E-state index contributed by atoms with van der Waals surface area (Å²) in [5.74, 6) is 0.0929. The van der Waals surface area contributed by atoms with Gasteiger partial charge in [-0.15, -0.1) is 0 Å². The Balaban J connectivity index is 2.46. The topological polar surface area (TPSA) is 55.1 Å². The number of aryl methyl sites for hydroxylation is 1. The third kappa shape index (κ3) is 5.83. The van der Waals surface area contributed by atoms with E-state index in [0.717, 1.165) is 24.8 Å². The van der Waals surface area contributed by atoms with Gasteiger partial charge in [0.2, 0.25) is 5.91 Å². The Labute approximate surface area is 114 Å². The molecule has 1 aromatic carbocycles. The molecule has 0 aliphatic rings. The zero-order valence-electron chi connectivity index (χ0n) is 11.7. The second-order valence-corrected chi connectivity index (χ2v) is 4.96. The number of hydrogen-bond acceptors (Lipinski definition) is 2. The summed E-state index contributed by atoms with van der Waals surface area (Å²) in [7, 11) is 0. The van der Waals surface area contributed by atoms with E-state index < -0.39 is 0 Å². The molecule has 19 heavy (non-hydrogen) atoms. The second-order valence-electron chi connectivity index (χ2n) is 4.96. The smallest absolute Gasteiger partial charge is 0.224 e. The van der Waals surface area contributed by atoms with Gasteiger partial charge in [0.15, 0.2) is 0 Å². The summed E-state index contributed by atoms with van der Waals surface area (Å²) < 4.78 is 13.2. The molecule has 1 rings (SSSR count). The number of nitrogens with one attached hydrogen (secondary N) is 1. The first-order valence-electron chi connectivity index (χ1n) is 6.82. The predicted molar refractivity (Wildman–Crippen MR) is 76.5 cm³/mol. The highest BCUT2D eigenvalue weighted by molar-refractivity contribution is 5.90. The van der Waals surface area contributed by atoms with E-state index in [0.29, 0.717) is 24.6 Å². The standard InChI is InChI=1S/C15H23FN2O/c1-3-12(6-7-17)4-5-15(19)18-14-9-11(2)8-13(16)10-14/h8-10,12H,3-7,17H2,1-2H3,(H,18,19). The number of carbonyl (C=O) groups excluding carboxylic acids is 1. The zero-order valence-corrected chi connectivity index (χ0v) is 11.7. The lowest BCUT2D eigenvalue weighted by molar-refractivity contribution is -0.116. The van der Waals surface area contributed by atoms with Crippen molar-refractivity contribution in [3.05, 3.63) is 29.6 Å². The van der Waals surface area contributed by atoms with E-state index in [4.69, 9.17) is 5.73 Å². The quantitative estimate of drug-likeness (QED) is 0.796.